The van der Waals surface area contributed by atoms with E-state index in [2.05, 4.69) is 5.32 Å². The lowest BCUT2D eigenvalue weighted by Crippen LogP contribution is -2.42. The van der Waals surface area contributed by atoms with Crippen molar-refractivity contribution in [2.24, 2.45) is 0 Å². The Labute approximate surface area is 95.2 Å². The first-order valence-corrected chi connectivity index (χ1v) is 5.53. The third kappa shape index (κ3) is 4.79. The average molecular weight is 233 g/mol. The zero-order valence-electron chi connectivity index (χ0n) is 10.0. The molecule has 0 saturated heterocycles. The zero-order valence-corrected chi connectivity index (χ0v) is 10.0. The van der Waals surface area contributed by atoms with Gasteiger partial charge in [0.2, 0.25) is 0 Å². The van der Waals surface area contributed by atoms with Crippen LogP contribution < -0.4 is 5.32 Å². The maximum atomic E-state index is 13.4. The molecule has 0 bridgehead atoms. The highest BCUT2D eigenvalue weighted by molar-refractivity contribution is 5.68. The van der Waals surface area contributed by atoms with Crippen molar-refractivity contribution < 1.29 is 19.0 Å². The summed E-state index contributed by atoms with van der Waals surface area (Å²) in [6.45, 7) is 4.97. The number of amides is 1. The molecule has 2 N–H and O–H groups in total. The van der Waals surface area contributed by atoms with Gasteiger partial charge >= 0.3 is 6.09 Å². The van der Waals surface area contributed by atoms with Crippen LogP contribution in [0.5, 0.6) is 0 Å². The minimum atomic E-state index is -1.19. The highest BCUT2D eigenvalue weighted by Crippen LogP contribution is 2.43. The van der Waals surface area contributed by atoms with Gasteiger partial charge in [-0.05, 0) is 33.6 Å². The number of carbonyl (C=O) groups is 1. The average Bonchev–Trinajstić information content (AvgIpc) is 2.79. The maximum absolute atomic E-state index is 13.4. The Morgan fingerprint density at radius 1 is 1.56 bits per heavy atom. The van der Waals surface area contributed by atoms with E-state index in [1.807, 2.05) is 0 Å². The summed E-state index contributed by atoms with van der Waals surface area (Å²) in [6, 6.07) is -0.567. The second kappa shape index (κ2) is 4.57. The van der Waals surface area contributed by atoms with Crippen molar-refractivity contribution >= 4 is 6.09 Å². The molecule has 1 rings (SSSR count). The molecular formula is C11H20FNO3. The van der Waals surface area contributed by atoms with Crippen LogP contribution in [0.25, 0.3) is 0 Å². The van der Waals surface area contributed by atoms with Gasteiger partial charge in [0, 0.05) is 6.42 Å². The number of rotatable bonds is 4. The Morgan fingerprint density at radius 2 is 2.12 bits per heavy atom. The topological polar surface area (TPSA) is 58.6 Å². The van der Waals surface area contributed by atoms with Crippen LogP contribution in [-0.2, 0) is 4.74 Å². The molecule has 0 aromatic rings. The van der Waals surface area contributed by atoms with E-state index in [1.54, 1.807) is 20.8 Å². The molecule has 1 amide bonds. The SMILES string of the molecule is CC(C)(C)OC(=O)NC(CO)CC1(F)CC1. The van der Waals surface area contributed by atoms with Crippen molar-refractivity contribution in [2.75, 3.05) is 6.61 Å². The Kier molecular flexibility index (Phi) is 3.78. The fourth-order valence-corrected chi connectivity index (χ4v) is 1.42. The monoisotopic (exact) mass is 233 g/mol. The van der Waals surface area contributed by atoms with Crippen LogP contribution in [0.1, 0.15) is 40.0 Å². The Hall–Kier alpha value is -0.840. The summed E-state index contributed by atoms with van der Waals surface area (Å²) in [5.74, 6) is 0. The molecule has 4 nitrogen and oxygen atoms in total. The Morgan fingerprint density at radius 3 is 2.50 bits per heavy atom. The van der Waals surface area contributed by atoms with Gasteiger partial charge in [0.1, 0.15) is 11.3 Å². The van der Waals surface area contributed by atoms with Gasteiger partial charge in [0.25, 0.3) is 0 Å². The standard InChI is InChI=1S/C11H20FNO3/c1-10(2,3)16-9(15)13-8(7-14)6-11(12)4-5-11/h8,14H,4-7H2,1-3H3,(H,13,15). The molecule has 1 unspecified atom stereocenters. The molecule has 1 fully saturated rings. The van der Waals surface area contributed by atoms with Crippen LogP contribution >= 0.6 is 0 Å². The molecule has 16 heavy (non-hydrogen) atoms. The number of alkyl carbamates (subject to hydrolysis) is 1. The molecule has 0 aromatic carbocycles. The predicted octanol–water partition coefficient (Wildman–Crippen LogP) is 1.76. The van der Waals surface area contributed by atoms with Gasteiger partial charge in [-0.15, -0.1) is 0 Å². The molecule has 0 aromatic heterocycles. The summed E-state index contributed by atoms with van der Waals surface area (Å²) in [5, 5.41) is 11.5. The number of aliphatic hydroxyl groups excluding tert-OH is 1. The summed E-state index contributed by atoms with van der Waals surface area (Å²) in [7, 11) is 0. The van der Waals surface area contributed by atoms with Crippen molar-refractivity contribution in [3.8, 4) is 0 Å². The van der Waals surface area contributed by atoms with E-state index in [0.717, 1.165) is 0 Å². The molecular weight excluding hydrogens is 213 g/mol. The number of hydrogen-bond donors (Lipinski definition) is 2. The van der Waals surface area contributed by atoms with E-state index in [9.17, 15) is 9.18 Å². The lowest BCUT2D eigenvalue weighted by Gasteiger charge is -2.23. The molecule has 0 heterocycles. The molecule has 1 saturated carbocycles. The number of ether oxygens (including phenoxy) is 1. The lowest BCUT2D eigenvalue weighted by atomic mass is 10.1. The molecule has 0 radical (unpaired) electrons. The van der Waals surface area contributed by atoms with E-state index in [-0.39, 0.29) is 13.0 Å². The number of aliphatic hydroxyl groups is 1. The molecule has 1 aliphatic rings. The molecule has 1 atom stereocenters. The number of hydrogen-bond acceptors (Lipinski definition) is 3. The normalized spacial score (nSPS) is 20.1. The van der Waals surface area contributed by atoms with Crippen LogP contribution in [0.4, 0.5) is 9.18 Å². The quantitative estimate of drug-likeness (QED) is 0.778. The smallest absolute Gasteiger partial charge is 0.407 e. The summed E-state index contributed by atoms with van der Waals surface area (Å²) in [6.07, 6.45) is 0.567. The van der Waals surface area contributed by atoms with Crippen LogP contribution in [-0.4, -0.2) is 35.1 Å². The number of nitrogens with one attached hydrogen (secondary N) is 1. The zero-order chi connectivity index (χ0) is 12.4. The number of alkyl halides is 1. The minimum Gasteiger partial charge on any atom is -0.444 e. The van der Waals surface area contributed by atoms with Crippen LogP contribution in [0, 0.1) is 0 Å². The van der Waals surface area contributed by atoms with E-state index >= 15 is 0 Å². The molecule has 1 aliphatic carbocycles. The summed E-state index contributed by atoms with van der Waals surface area (Å²) < 4.78 is 18.4. The Bertz CT molecular complexity index is 258. The van der Waals surface area contributed by atoms with Crippen molar-refractivity contribution in [2.45, 2.75) is 57.3 Å². The van der Waals surface area contributed by atoms with Gasteiger partial charge in [0.05, 0.1) is 12.6 Å². The van der Waals surface area contributed by atoms with Crippen LogP contribution in [0.15, 0.2) is 0 Å². The van der Waals surface area contributed by atoms with E-state index in [0.29, 0.717) is 12.8 Å². The molecule has 94 valence electrons. The van der Waals surface area contributed by atoms with Gasteiger partial charge in [-0.3, -0.25) is 0 Å². The van der Waals surface area contributed by atoms with Crippen molar-refractivity contribution in [3.63, 3.8) is 0 Å². The third-order valence-electron chi connectivity index (χ3n) is 2.35. The largest absolute Gasteiger partial charge is 0.444 e. The summed E-state index contributed by atoms with van der Waals surface area (Å²) in [4.78, 5) is 11.4. The van der Waals surface area contributed by atoms with Gasteiger partial charge in [-0.25, -0.2) is 9.18 Å². The van der Waals surface area contributed by atoms with Gasteiger partial charge in [-0.2, -0.15) is 0 Å². The summed E-state index contributed by atoms with van der Waals surface area (Å²) in [5.41, 5.74) is -1.78. The first kappa shape index (κ1) is 13.2. The molecule has 0 spiro atoms. The first-order chi connectivity index (χ1) is 7.24. The van der Waals surface area contributed by atoms with E-state index in [1.165, 1.54) is 0 Å². The van der Waals surface area contributed by atoms with Gasteiger partial charge in [-0.1, -0.05) is 0 Å². The Balaban J connectivity index is 2.35. The second-order valence-corrected chi connectivity index (χ2v) is 5.38. The number of halogens is 1. The highest BCUT2D eigenvalue weighted by atomic mass is 19.1. The first-order valence-electron chi connectivity index (χ1n) is 5.53. The van der Waals surface area contributed by atoms with Crippen molar-refractivity contribution in [1.82, 2.24) is 5.32 Å². The van der Waals surface area contributed by atoms with Gasteiger partial charge < -0.3 is 15.2 Å². The second-order valence-electron chi connectivity index (χ2n) is 5.38. The maximum Gasteiger partial charge on any atom is 0.407 e. The van der Waals surface area contributed by atoms with Crippen molar-refractivity contribution in [3.05, 3.63) is 0 Å². The van der Waals surface area contributed by atoms with E-state index < -0.39 is 23.4 Å². The van der Waals surface area contributed by atoms with E-state index in [4.69, 9.17) is 9.84 Å². The predicted molar refractivity (Wildman–Crippen MR) is 57.9 cm³/mol. The number of carbonyl (C=O) groups excluding carboxylic acids is 1. The third-order valence-corrected chi connectivity index (χ3v) is 2.35. The summed E-state index contributed by atoms with van der Waals surface area (Å²) >= 11 is 0. The van der Waals surface area contributed by atoms with Crippen LogP contribution in [0.3, 0.4) is 0 Å². The highest BCUT2D eigenvalue weighted by Gasteiger charge is 2.45. The lowest BCUT2D eigenvalue weighted by molar-refractivity contribution is 0.0465. The van der Waals surface area contributed by atoms with Crippen LogP contribution in [0.2, 0.25) is 0 Å². The fraction of sp³-hybridized carbons (Fsp3) is 0.909. The van der Waals surface area contributed by atoms with Crippen molar-refractivity contribution in [1.29, 1.82) is 0 Å². The minimum absolute atomic E-state index is 0.155. The molecule has 5 heteroatoms. The fourth-order valence-electron chi connectivity index (χ4n) is 1.42. The molecule has 0 aliphatic heterocycles. The van der Waals surface area contributed by atoms with Gasteiger partial charge in [0.15, 0.2) is 0 Å².